The van der Waals surface area contributed by atoms with Gasteiger partial charge in [-0.05, 0) is 23.3 Å². The van der Waals surface area contributed by atoms with Gasteiger partial charge in [-0.1, -0.05) is 6.92 Å². The highest BCUT2D eigenvalue weighted by molar-refractivity contribution is 5.76. The number of rotatable bonds is 5. The summed E-state index contributed by atoms with van der Waals surface area (Å²) < 4.78 is 0. The van der Waals surface area contributed by atoms with Gasteiger partial charge in [-0.2, -0.15) is 0 Å². The number of aromatic nitrogens is 4. The lowest BCUT2D eigenvalue weighted by atomic mass is 10.0. The molecule has 0 aliphatic carbocycles. The third-order valence-corrected chi connectivity index (χ3v) is 1.73. The van der Waals surface area contributed by atoms with E-state index in [9.17, 15) is 4.79 Å². The van der Waals surface area contributed by atoms with Gasteiger partial charge in [-0.15, -0.1) is 5.10 Å². The molecule has 0 saturated carbocycles. The number of aromatic amines is 1. The van der Waals surface area contributed by atoms with Gasteiger partial charge in [0.25, 0.3) is 0 Å². The van der Waals surface area contributed by atoms with Crippen LogP contribution in [0, 0.1) is 12.3 Å². The Balaban J connectivity index is 2.18. The average molecular weight is 182 g/mol. The van der Waals surface area contributed by atoms with Crippen molar-refractivity contribution in [2.24, 2.45) is 11.7 Å². The molecule has 0 aromatic carbocycles. The van der Waals surface area contributed by atoms with E-state index in [-0.39, 0.29) is 11.8 Å². The van der Waals surface area contributed by atoms with E-state index in [1.165, 1.54) is 0 Å². The van der Waals surface area contributed by atoms with Gasteiger partial charge in [-0.3, -0.25) is 4.79 Å². The van der Waals surface area contributed by atoms with Gasteiger partial charge in [0, 0.05) is 12.3 Å². The third-order valence-electron chi connectivity index (χ3n) is 1.73. The maximum absolute atomic E-state index is 10.6. The number of H-pyrrole nitrogens is 1. The van der Waals surface area contributed by atoms with Crippen LogP contribution in [0.5, 0.6) is 0 Å². The van der Waals surface area contributed by atoms with Gasteiger partial charge >= 0.3 is 0 Å². The predicted octanol–water partition coefficient (Wildman–Crippen LogP) is -0.542. The van der Waals surface area contributed by atoms with Gasteiger partial charge < -0.3 is 5.73 Å². The van der Waals surface area contributed by atoms with Crippen molar-refractivity contribution in [1.29, 1.82) is 0 Å². The summed E-state index contributed by atoms with van der Waals surface area (Å²) in [5, 5.41) is 13.2. The summed E-state index contributed by atoms with van der Waals surface area (Å²) in [4.78, 5) is 10.6. The zero-order chi connectivity index (χ0) is 9.68. The van der Waals surface area contributed by atoms with E-state index >= 15 is 0 Å². The second kappa shape index (κ2) is 4.54. The van der Waals surface area contributed by atoms with Crippen molar-refractivity contribution in [2.45, 2.75) is 19.8 Å². The Bertz CT molecular complexity index is 258. The van der Waals surface area contributed by atoms with Gasteiger partial charge in [-0.25, -0.2) is 5.10 Å². The highest BCUT2D eigenvalue weighted by atomic mass is 16.1. The number of carbonyl (C=O) groups excluding carboxylic acids is 1. The molecule has 6 nitrogen and oxygen atoms in total. The fourth-order valence-corrected chi connectivity index (χ4v) is 0.851. The SMILES string of the molecule is C[C@@H](C[CH]Cc1nnn[nH]1)C(N)=O. The Labute approximate surface area is 75.9 Å². The molecular weight excluding hydrogens is 170 g/mol. The third kappa shape index (κ3) is 3.18. The summed E-state index contributed by atoms with van der Waals surface area (Å²) in [6.07, 6.45) is 3.21. The van der Waals surface area contributed by atoms with Crippen LogP contribution in [0.4, 0.5) is 0 Å². The highest BCUT2D eigenvalue weighted by Crippen LogP contribution is 2.05. The van der Waals surface area contributed by atoms with Crippen molar-refractivity contribution in [3.05, 3.63) is 12.2 Å². The molecule has 0 bridgehead atoms. The van der Waals surface area contributed by atoms with E-state index in [4.69, 9.17) is 5.73 Å². The van der Waals surface area contributed by atoms with Gasteiger partial charge in [0.05, 0.1) is 0 Å². The molecule has 0 aliphatic heterocycles. The number of hydrogen-bond acceptors (Lipinski definition) is 4. The number of nitrogens with one attached hydrogen (secondary N) is 1. The highest BCUT2D eigenvalue weighted by Gasteiger charge is 2.08. The maximum atomic E-state index is 10.6. The van der Waals surface area contributed by atoms with Gasteiger partial charge in [0.2, 0.25) is 5.91 Å². The monoisotopic (exact) mass is 182 g/mol. The number of nitrogens with two attached hydrogens (primary N) is 1. The van der Waals surface area contributed by atoms with Gasteiger partial charge in [0.1, 0.15) is 5.82 Å². The molecule has 1 rings (SSSR count). The molecule has 6 heteroatoms. The Kier molecular flexibility index (Phi) is 3.36. The van der Waals surface area contributed by atoms with E-state index in [0.717, 1.165) is 0 Å². The summed E-state index contributed by atoms with van der Waals surface area (Å²) in [6.45, 7) is 1.79. The minimum Gasteiger partial charge on any atom is -0.369 e. The van der Waals surface area contributed by atoms with E-state index in [0.29, 0.717) is 18.7 Å². The molecular formula is C7H12N5O. The predicted molar refractivity (Wildman–Crippen MR) is 45.2 cm³/mol. The number of amides is 1. The average Bonchev–Trinajstić information content (AvgIpc) is 2.56. The first-order valence-corrected chi connectivity index (χ1v) is 4.03. The number of hydrogen-bond donors (Lipinski definition) is 2. The smallest absolute Gasteiger partial charge is 0.220 e. The first kappa shape index (κ1) is 9.63. The molecule has 1 heterocycles. The van der Waals surface area contributed by atoms with E-state index in [1.807, 2.05) is 6.42 Å². The first-order chi connectivity index (χ1) is 6.20. The normalized spacial score (nSPS) is 12.7. The van der Waals surface area contributed by atoms with Crippen molar-refractivity contribution in [3.8, 4) is 0 Å². The molecule has 3 N–H and O–H groups in total. The number of tetrazole rings is 1. The lowest BCUT2D eigenvalue weighted by Crippen LogP contribution is -2.20. The molecule has 0 fully saturated rings. The van der Waals surface area contributed by atoms with E-state index in [2.05, 4.69) is 20.6 Å². The summed E-state index contributed by atoms with van der Waals surface area (Å²) >= 11 is 0. The largest absolute Gasteiger partial charge is 0.369 e. The van der Waals surface area contributed by atoms with Crippen LogP contribution < -0.4 is 5.73 Å². The molecule has 0 spiro atoms. The molecule has 1 atom stereocenters. The lowest BCUT2D eigenvalue weighted by molar-refractivity contribution is -0.121. The zero-order valence-corrected chi connectivity index (χ0v) is 7.40. The van der Waals surface area contributed by atoms with Crippen LogP contribution in [0.3, 0.4) is 0 Å². The summed E-state index contributed by atoms with van der Waals surface area (Å²) in [7, 11) is 0. The molecule has 13 heavy (non-hydrogen) atoms. The summed E-state index contributed by atoms with van der Waals surface area (Å²) in [5.74, 6) is 0.277. The van der Waals surface area contributed by atoms with Crippen LogP contribution in [0.2, 0.25) is 0 Å². The van der Waals surface area contributed by atoms with Crippen LogP contribution in [0.1, 0.15) is 19.2 Å². The van der Waals surface area contributed by atoms with E-state index in [1.54, 1.807) is 6.92 Å². The number of carbonyl (C=O) groups is 1. The molecule has 1 amide bonds. The van der Waals surface area contributed by atoms with Crippen molar-refractivity contribution in [1.82, 2.24) is 20.6 Å². The first-order valence-electron chi connectivity index (χ1n) is 4.03. The second-order valence-corrected chi connectivity index (χ2v) is 2.88. The summed E-state index contributed by atoms with van der Waals surface area (Å²) in [5.41, 5.74) is 5.09. The summed E-state index contributed by atoms with van der Waals surface area (Å²) in [6, 6.07) is 0. The molecule has 1 radical (unpaired) electrons. The number of primary amides is 1. The molecule has 1 aromatic rings. The van der Waals surface area contributed by atoms with E-state index < -0.39 is 0 Å². The fourth-order valence-electron chi connectivity index (χ4n) is 0.851. The van der Waals surface area contributed by atoms with Crippen molar-refractivity contribution < 1.29 is 4.79 Å². The standard InChI is InChI=1S/C7H12N5O/c1-5(7(8)13)3-2-4-6-9-11-12-10-6/h2,5H,3-4H2,1H3,(H2,8,13)(H,9,10,11,12)/t5-/m0/s1. The molecule has 1 aromatic heterocycles. The van der Waals surface area contributed by atoms with Gasteiger partial charge in [0.15, 0.2) is 0 Å². The molecule has 71 valence electrons. The minimum absolute atomic E-state index is 0.129. The number of nitrogens with zero attached hydrogens (tertiary/aromatic N) is 3. The zero-order valence-electron chi connectivity index (χ0n) is 7.40. The van der Waals surface area contributed by atoms with Crippen LogP contribution in [-0.4, -0.2) is 26.5 Å². The molecule has 0 unspecified atom stereocenters. The Morgan fingerprint density at radius 3 is 3.08 bits per heavy atom. The quantitative estimate of drug-likeness (QED) is 0.638. The molecule has 0 saturated heterocycles. The Morgan fingerprint density at radius 1 is 1.77 bits per heavy atom. The van der Waals surface area contributed by atoms with Crippen molar-refractivity contribution in [2.75, 3.05) is 0 Å². The maximum Gasteiger partial charge on any atom is 0.220 e. The topological polar surface area (TPSA) is 97.6 Å². The van der Waals surface area contributed by atoms with Crippen LogP contribution in [0.25, 0.3) is 0 Å². The second-order valence-electron chi connectivity index (χ2n) is 2.88. The lowest BCUT2D eigenvalue weighted by Gasteiger charge is -2.03. The molecule has 0 aliphatic rings. The Hall–Kier alpha value is -1.46. The fraction of sp³-hybridized carbons (Fsp3) is 0.571. The Morgan fingerprint density at radius 2 is 2.54 bits per heavy atom. The van der Waals surface area contributed by atoms with Crippen LogP contribution in [-0.2, 0) is 11.2 Å². The minimum atomic E-state index is -0.285. The van der Waals surface area contributed by atoms with Crippen molar-refractivity contribution in [3.63, 3.8) is 0 Å². The van der Waals surface area contributed by atoms with Crippen LogP contribution in [0.15, 0.2) is 0 Å². The van der Waals surface area contributed by atoms with Crippen molar-refractivity contribution >= 4 is 5.91 Å². The van der Waals surface area contributed by atoms with Crippen LogP contribution >= 0.6 is 0 Å².